The quantitative estimate of drug-likeness (QED) is 0.698. The van der Waals surface area contributed by atoms with E-state index in [2.05, 4.69) is 16.0 Å². The molecule has 1 atom stereocenters. The van der Waals surface area contributed by atoms with E-state index in [4.69, 9.17) is 0 Å². The van der Waals surface area contributed by atoms with Crippen molar-refractivity contribution in [2.24, 2.45) is 5.92 Å². The van der Waals surface area contributed by atoms with E-state index in [0.717, 1.165) is 0 Å². The van der Waals surface area contributed by atoms with Crippen molar-refractivity contribution in [3.05, 3.63) is 66.0 Å². The maximum atomic E-state index is 13.7. The molecule has 0 heterocycles. The summed E-state index contributed by atoms with van der Waals surface area (Å²) in [5, 5.41) is 7.67. The molecule has 2 aromatic carbocycles. The van der Waals surface area contributed by atoms with Crippen molar-refractivity contribution in [3.8, 4) is 0 Å². The molecule has 0 saturated heterocycles. The van der Waals surface area contributed by atoms with Crippen LogP contribution in [0.5, 0.6) is 0 Å². The molecule has 0 aliphatic rings. The molecule has 0 saturated carbocycles. The lowest BCUT2D eigenvalue weighted by Crippen LogP contribution is -2.51. The number of benzene rings is 2. The topological polar surface area (TPSA) is 87.3 Å². The Labute approximate surface area is 157 Å². The summed E-state index contributed by atoms with van der Waals surface area (Å²) in [7, 11) is 0. The van der Waals surface area contributed by atoms with E-state index in [1.165, 1.54) is 24.3 Å². The number of nitrogens with one attached hydrogen (secondary N) is 3. The Kier molecular flexibility index (Phi) is 7.05. The maximum Gasteiger partial charge on any atom is 0.254 e. The van der Waals surface area contributed by atoms with Crippen molar-refractivity contribution < 1.29 is 18.8 Å². The SMILES string of the molecule is CC(C)C(NC(=O)c1ccccc1F)C(=O)NCC(=O)Nc1ccccc1. The average molecular weight is 371 g/mol. The fourth-order valence-corrected chi connectivity index (χ4v) is 2.40. The van der Waals surface area contributed by atoms with E-state index in [9.17, 15) is 18.8 Å². The second kappa shape index (κ2) is 9.47. The number of rotatable bonds is 7. The van der Waals surface area contributed by atoms with Gasteiger partial charge in [-0.25, -0.2) is 4.39 Å². The molecule has 0 radical (unpaired) electrons. The van der Waals surface area contributed by atoms with Gasteiger partial charge in [-0.3, -0.25) is 14.4 Å². The van der Waals surface area contributed by atoms with E-state index in [1.807, 2.05) is 6.07 Å². The van der Waals surface area contributed by atoms with Crippen molar-refractivity contribution in [2.45, 2.75) is 19.9 Å². The largest absolute Gasteiger partial charge is 0.345 e. The Balaban J connectivity index is 1.93. The summed E-state index contributed by atoms with van der Waals surface area (Å²) < 4.78 is 13.7. The summed E-state index contributed by atoms with van der Waals surface area (Å²) in [4.78, 5) is 36.6. The van der Waals surface area contributed by atoms with Crippen LogP contribution in [0.2, 0.25) is 0 Å². The highest BCUT2D eigenvalue weighted by atomic mass is 19.1. The molecule has 3 amide bonds. The van der Waals surface area contributed by atoms with Gasteiger partial charge in [0.2, 0.25) is 11.8 Å². The first kappa shape index (κ1) is 20.1. The molecule has 142 valence electrons. The lowest BCUT2D eigenvalue weighted by molar-refractivity contribution is -0.126. The number of hydrogen-bond acceptors (Lipinski definition) is 3. The predicted molar refractivity (Wildman–Crippen MR) is 101 cm³/mol. The minimum absolute atomic E-state index is 0.141. The van der Waals surface area contributed by atoms with Crippen LogP contribution in [0.4, 0.5) is 10.1 Å². The summed E-state index contributed by atoms with van der Waals surface area (Å²) in [6.07, 6.45) is 0. The van der Waals surface area contributed by atoms with Crippen LogP contribution in [0.15, 0.2) is 54.6 Å². The minimum Gasteiger partial charge on any atom is -0.345 e. The second-order valence-corrected chi connectivity index (χ2v) is 6.31. The average Bonchev–Trinajstić information content (AvgIpc) is 2.65. The molecule has 0 bridgehead atoms. The molecule has 27 heavy (non-hydrogen) atoms. The summed E-state index contributed by atoms with van der Waals surface area (Å²) in [6, 6.07) is 13.5. The molecule has 3 N–H and O–H groups in total. The third kappa shape index (κ3) is 5.91. The fourth-order valence-electron chi connectivity index (χ4n) is 2.40. The molecule has 6 nitrogen and oxygen atoms in total. The van der Waals surface area contributed by atoms with Gasteiger partial charge in [0, 0.05) is 5.69 Å². The zero-order chi connectivity index (χ0) is 19.8. The zero-order valence-corrected chi connectivity index (χ0v) is 15.2. The molecule has 0 fully saturated rings. The Bertz CT molecular complexity index is 809. The van der Waals surface area contributed by atoms with E-state index >= 15 is 0 Å². The van der Waals surface area contributed by atoms with Gasteiger partial charge in [-0.05, 0) is 30.2 Å². The highest BCUT2D eigenvalue weighted by molar-refractivity contribution is 5.99. The van der Waals surface area contributed by atoms with Gasteiger partial charge >= 0.3 is 0 Å². The molecular formula is C20H22FN3O3. The summed E-state index contributed by atoms with van der Waals surface area (Å²) >= 11 is 0. The van der Waals surface area contributed by atoms with Gasteiger partial charge in [-0.15, -0.1) is 0 Å². The van der Waals surface area contributed by atoms with Gasteiger partial charge in [-0.2, -0.15) is 0 Å². The standard InChI is InChI=1S/C20H22FN3O3/c1-13(2)18(24-19(26)15-10-6-7-11-16(15)21)20(27)22-12-17(25)23-14-8-4-3-5-9-14/h3-11,13,18H,12H2,1-2H3,(H,22,27)(H,23,25)(H,24,26). The monoisotopic (exact) mass is 371 g/mol. The first-order valence-corrected chi connectivity index (χ1v) is 8.56. The first-order chi connectivity index (χ1) is 12.9. The zero-order valence-electron chi connectivity index (χ0n) is 15.2. The molecule has 0 spiro atoms. The molecule has 0 aromatic heterocycles. The lowest BCUT2D eigenvalue weighted by atomic mass is 10.0. The van der Waals surface area contributed by atoms with E-state index < -0.39 is 29.6 Å². The van der Waals surface area contributed by atoms with Gasteiger partial charge in [-0.1, -0.05) is 44.2 Å². The molecule has 2 rings (SSSR count). The van der Waals surface area contributed by atoms with Crippen molar-refractivity contribution in [1.29, 1.82) is 0 Å². The van der Waals surface area contributed by atoms with Crippen LogP contribution in [-0.4, -0.2) is 30.3 Å². The highest BCUT2D eigenvalue weighted by Crippen LogP contribution is 2.09. The van der Waals surface area contributed by atoms with Crippen LogP contribution in [0.1, 0.15) is 24.2 Å². The minimum atomic E-state index is -0.901. The Morgan fingerprint density at radius 1 is 0.963 bits per heavy atom. The van der Waals surface area contributed by atoms with Gasteiger partial charge in [0.25, 0.3) is 5.91 Å². The van der Waals surface area contributed by atoms with E-state index in [1.54, 1.807) is 38.1 Å². The van der Waals surface area contributed by atoms with Crippen LogP contribution < -0.4 is 16.0 Å². The van der Waals surface area contributed by atoms with Crippen molar-refractivity contribution >= 4 is 23.4 Å². The lowest BCUT2D eigenvalue weighted by Gasteiger charge is -2.21. The first-order valence-electron chi connectivity index (χ1n) is 8.56. The third-order valence-corrected chi connectivity index (χ3v) is 3.83. The number of hydrogen-bond donors (Lipinski definition) is 3. The number of carbonyl (C=O) groups excluding carboxylic acids is 3. The number of amides is 3. The second-order valence-electron chi connectivity index (χ2n) is 6.31. The molecular weight excluding hydrogens is 349 g/mol. The molecule has 1 unspecified atom stereocenters. The summed E-state index contributed by atoms with van der Waals surface area (Å²) in [5.74, 6) is -2.51. The van der Waals surface area contributed by atoms with Crippen LogP contribution >= 0.6 is 0 Å². The Hall–Kier alpha value is -3.22. The number of halogens is 1. The van der Waals surface area contributed by atoms with Crippen molar-refractivity contribution in [1.82, 2.24) is 10.6 Å². The van der Waals surface area contributed by atoms with Crippen LogP contribution in [-0.2, 0) is 9.59 Å². The Morgan fingerprint density at radius 2 is 1.59 bits per heavy atom. The van der Waals surface area contributed by atoms with Crippen LogP contribution in [0.3, 0.4) is 0 Å². The highest BCUT2D eigenvalue weighted by Gasteiger charge is 2.25. The van der Waals surface area contributed by atoms with Gasteiger partial charge in [0.1, 0.15) is 11.9 Å². The molecule has 7 heteroatoms. The maximum absolute atomic E-state index is 13.7. The summed E-state index contributed by atoms with van der Waals surface area (Å²) in [6.45, 7) is 3.25. The molecule has 2 aromatic rings. The van der Waals surface area contributed by atoms with Crippen molar-refractivity contribution in [3.63, 3.8) is 0 Å². The normalized spacial score (nSPS) is 11.6. The van der Waals surface area contributed by atoms with E-state index in [-0.39, 0.29) is 18.0 Å². The van der Waals surface area contributed by atoms with Gasteiger partial charge in [0.15, 0.2) is 0 Å². The van der Waals surface area contributed by atoms with Gasteiger partial charge in [0.05, 0.1) is 12.1 Å². The van der Waals surface area contributed by atoms with Crippen LogP contribution in [0, 0.1) is 11.7 Å². The number of para-hydroxylation sites is 1. The number of carbonyl (C=O) groups is 3. The number of anilines is 1. The van der Waals surface area contributed by atoms with Crippen LogP contribution in [0.25, 0.3) is 0 Å². The summed E-state index contributed by atoms with van der Waals surface area (Å²) in [5.41, 5.74) is 0.475. The van der Waals surface area contributed by atoms with E-state index in [0.29, 0.717) is 5.69 Å². The predicted octanol–water partition coefficient (Wildman–Crippen LogP) is 2.33. The van der Waals surface area contributed by atoms with Crippen molar-refractivity contribution in [2.75, 3.05) is 11.9 Å². The third-order valence-electron chi connectivity index (χ3n) is 3.83. The molecule has 0 aliphatic heterocycles. The molecule has 0 aliphatic carbocycles. The van der Waals surface area contributed by atoms with Gasteiger partial charge < -0.3 is 16.0 Å². The fraction of sp³-hybridized carbons (Fsp3) is 0.250. The Morgan fingerprint density at radius 3 is 2.22 bits per heavy atom. The smallest absolute Gasteiger partial charge is 0.254 e.